The summed E-state index contributed by atoms with van der Waals surface area (Å²) in [5, 5.41) is 10.8. The van der Waals surface area contributed by atoms with E-state index in [9.17, 15) is 18.4 Å². The second-order valence-corrected chi connectivity index (χ2v) is 4.24. The van der Waals surface area contributed by atoms with Crippen LogP contribution in [0.3, 0.4) is 0 Å². The third-order valence-electron chi connectivity index (χ3n) is 2.19. The number of hydrogen-bond acceptors (Lipinski definition) is 4. The van der Waals surface area contributed by atoms with E-state index in [0.29, 0.717) is 0 Å². The van der Waals surface area contributed by atoms with Gasteiger partial charge in [-0.1, -0.05) is 6.07 Å². The fourth-order valence-corrected chi connectivity index (χ4v) is 2.03. The summed E-state index contributed by atoms with van der Waals surface area (Å²) >= 11 is 0.844. The first-order valence-corrected chi connectivity index (χ1v) is 5.81. The highest BCUT2D eigenvalue weighted by Crippen LogP contribution is 2.22. The summed E-state index contributed by atoms with van der Waals surface area (Å²) < 4.78 is 26.7. The highest BCUT2D eigenvalue weighted by atomic mass is 32.1. The molecular weight excluding hydrogens is 278 g/mol. The Morgan fingerprint density at radius 1 is 1.26 bits per heavy atom. The van der Waals surface area contributed by atoms with Crippen LogP contribution in [0.5, 0.6) is 0 Å². The molecule has 5 nitrogen and oxygen atoms in total. The first kappa shape index (κ1) is 13.1. The molecule has 2 rings (SSSR count). The molecule has 1 heterocycles. The van der Waals surface area contributed by atoms with Gasteiger partial charge < -0.3 is 10.4 Å². The van der Waals surface area contributed by atoms with Crippen LogP contribution in [0, 0.1) is 11.6 Å². The summed E-state index contributed by atoms with van der Waals surface area (Å²) in [5.74, 6) is -4.47. The zero-order chi connectivity index (χ0) is 14.0. The number of carbonyl (C=O) groups is 2. The molecule has 0 bridgehead atoms. The molecule has 2 aromatic rings. The van der Waals surface area contributed by atoms with Gasteiger partial charge in [0.2, 0.25) is 0 Å². The minimum atomic E-state index is -1.34. The van der Waals surface area contributed by atoms with Gasteiger partial charge in [0.25, 0.3) is 5.91 Å². The predicted octanol–water partition coefficient (Wildman–Crippen LogP) is 2.37. The molecular formula is C11H6F2N2O3S. The van der Waals surface area contributed by atoms with Gasteiger partial charge in [0.1, 0.15) is 22.2 Å². The number of nitrogens with one attached hydrogen (secondary N) is 1. The van der Waals surface area contributed by atoms with Crippen molar-refractivity contribution in [3.8, 4) is 0 Å². The monoisotopic (exact) mass is 284 g/mol. The summed E-state index contributed by atoms with van der Waals surface area (Å²) in [7, 11) is 0. The molecule has 0 saturated heterocycles. The Hall–Kier alpha value is -2.35. The van der Waals surface area contributed by atoms with E-state index in [2.05, 4.69) is 10.3 Å². The van der Waals surface area contributed by atoms with E-state index in [4.69, 9.17) is 5.11 Å². The molecule has 0 fully saturated rings. The van der Waals surface area contributed by atoms with Crippen LogP contribution < -0.4 is 5.32 Å². The maximum atomic E-state index is 13.4. The fourth-order valence-electron chi connectivity index (χ4n) is 1.37. The lowest BCUT2D eigenvalue weighted by molar-refractivity contribution is 0.0692. The van der Waals surface area contributed by atoms with Crippen molar-refractivity contribution in [3.63, 3.8) is 0 Å². The Bertz CT molecular complexity index is 637. The number of anilines is 1. The van der Waals surface area contributed by atoms with Crippen molar-refractivity contribution < 1.29 is 23.5 Å². The summed E-state index contributed by atoms with van der Waals surface area (Å²) in [6, 6.07) is 2.99. The Morgan fingerprint density at radius 2 is 1.89 bits per heavy atom. The number of halogens is 2. The van der Waals surface area contributed by atoms with E-state index >= 15 is 0 Å². The highest BCUT2D eigenvalue weighted by Gasteiger charge is 2.21. The van der Waals surface area contributed by atoms with Crippen molar-refractivity contribution in [2.45, 2.75) is 0 Å². The van der Waals surface area contributed by atoms with Crippen LogP contribution in [-0.4, -0.2) is 22.0 Å². The Balaban J connectivity index is 2.31. The zero-order valence-corrected chi connectivity index (χ0v) is 10.0. The third kappa shape index (κ3) is 2.58. The van der Waals surface area contributed by atoms with E-state index in [1.807, 2.05) is 0 Å². The van der Waals surface area contributed by atoms with Crippen molar-refractivity contribution in [3.05, 3.63) is 46.6 Å². The first-order chi connectivity index (χ1) is 9.00. The van der Waals surface area contributed by atoms with Gasteiger partial charge >= 0.3 is 5.97 Å². The van der Waals surface area contributed by atoms with Gasteiger partial charge in [-0.05, 0) is 12.1 Å². The molecule has 0 unspecified atom stereocenters. The quantitative estimate of drug-likeness (QED) is 0.906. The minimum Gasteiger partial charge on any atom is -0.476 e. The van der Waals surface area contributed by atoms with Crippen molar-refractivity contribution in [2.24, 2.45) is 0 Å². The lowest BCUT2D eigenvalue weighted by atomic mass is 10.2. The lowest BCUT2D eigenvalue weighted by Crippen LogP contribution is -2.16. The van der Waals surface area contributed by atoms with Gasteiger partial charge in [0, 0.05) is 0 Å². The van der Waals surface area contributed by atoms with E-state index < -0.39 is 29.1 Å². The molecule has 0 spiro atoms. The summed E-state index contributed by atoms with van der Waals surface area (Å²) in [6.07, 6.45) is 0. The molecule has 0 atom stereocenters. The molecule has 0 aliphatic heterocycles. The van der Waals surface area contributed by atoms with Crippen LogP contribution in [0.4, 0.5) is 13.8 Å². The van der Waals surface area contributed by atoms with E-state index in [-0.39, 0.29) is 10.7 Å². The smallest absolute Gasteiger partial charge is 0.357 e. The van der Waals surface area contributed by atoms with Gasteiger partial charge in [0.05, 0.1) is 5.51 Å². The molecule has 98 valence electrons. The number of carboxylic acid groups (broad SMARTS) is 1. The second kappa shape index (κ2) is 5.11. The Morgan fingerprint density at radius 3 is 2.47 bits per heavy atom. The van der Waals surface area contributed by atoms with E-state index in [1.165, 1.54) is 5.51 Å². The predicted molar refractivity (Wildman–Crippen MR) is 63.4 cm³/mol. The summed E-state index contributed by atoms with van der Waals surface area (Å²) in [4.78, 5) is 26.0. The molecule has 0 aliphatic rings. The largest absolute Gasteiger partial charge is 0.476 e. The van der Waals surface area contributed by atoms with Crippen LogP contribution >= 0.6 is 11.3 Å². The van der Waals surface area contributed by atoms with Crippen LogP contribution in [0.15, 0.2) is 23.7 Å². The summed E-state index contributed by atoms with van der Waals surface area (Å²) in [6.45, 7) is 0. The average Bonchev–Trinajstić information content (AvgIpc) is 2.76. The maximum Gasteiger partial charge on any atom is 0.357 e. The van der Waals surface area contributed by atoms with Crippen LogP contribution in [-0.2, 0) is 0 Å². The number of aromatic carboxylic acids is 1. The molecule has 1 aromatic carbocycles. The maximum absolute atomic E-state index is 13.4. The molecule has 1 amide bonds. The number of benzene rings is 1. The Labute approximate surface area is 109 Å². The SMILES string of the molecule is O=C(O)c1ncsc1NC(=O)c1c(F)cccc1F. The minimum absolute atomic E-state index is 0.0832. The molecule has 0 aliphatic carbocycles. The van der Waals surface area contributed by atoms with Gasteiger partial charge in [-0.3, -0.25) is 4.79 Å². The molecule has 19 heavy (non-hydrogen) atoms. The van der Waals surface area contributed by atoms with E-state index in [1.54, 1.807) is 0 Å². The van der Waals surface area contributed by atoms with Gasteiger partial charge in [-0.25, -0.2) is 18.6 Å². The van der Waals surface area contributed by atoms with Crippen molar-refractivity contribution in [1.82, 2.24) is 4.98 Å². The van der Waals surface area contributed by atoms with Crippen LogP contribution in [0.25, 0.3) is 0 Å². The number of thiazole rings is 1. The normalized spacial score (nSPS) is 10.2. The number of hydrogen-bond donors (Lipinski definition) is 2. The van der Waals surface area contributed by atoms with Crippen LogP contribution in [0.1, 0.15) is 20.8 Å². The van der Waals surface area contributed by atoms with Crippen molar-refractivity contribution >= 4 is 28.2 Å². The number of carbonyl (C=O) groups excluding carboxylic acids is 1. The lowest BCUT2D eigenvalue weighted by Gasteiger charge is -2.05. The van der Waals surface area contributed by atoms with Gasteiger partial charge in [-0.15, -0.1) is 11.3 Å². The standard InChI is InChI=1S/C11H6F2N2O3S/c12-5-2-1-3-6(13)7(5)9(16)15-10-8(11(17)18)14-4-19-10/h1-4H,(H,15,16)(H,17,18). The molecule has 0 saturated carbocycles. The van der Waals surface area contributed by atoms with Gasteiger partial charge in [0.15, 0.2) is 5.69 Å². The van der Waals surface area contributed by atoms with E-state index in [0.717, 1.165) is 29.5 Å². The zero-order valence-electron chi connectivity index (χ0n) is 9.18. The highest BCUT2D eigenvalue weighted by molar-refractivity contribution is 7.14. The number of rotatable bonds is 3. The topological polar surface area (TPSA) is 79.3 Å². The molecule has 8 heteroatoms. The number of nitrogens with zero attached hydrogens (tertiary/aromatic N) is 1. The van der Waals surface area contributed by atoms with Gasteiger partial charge in [-0.2, -0.15) is 0 Å². The molecule has 2 N–H and O–H groups in total. The van der Waals surface area contributed by atoms with Crippen LogP contribution in [0.2, 0.25) is 0 Å². The second-order valence-electron chi connectivity index (χ2n) is 3.39. The molecule has 0 radical (unpaired) electrons. The number of carboxylic acids is 1. The third-order valence-corrected chi connectivity index (χ3v) is 2.93. The van der Waals surface area contributed by atoms with Crippen molar-refractivity contribution in [1.29, 1.82) is 0 Å². The first-order valence-electron chi connectivity index (χ1n) is 4.93. The van der Waals surface area contributed by atoms with Crippen molar-refractivity contribution in [2.75, 3.05) is 5.32 Å². The number of aromatic nitrogens is 1. The summed E-state index contributed by atoms with van der Waals surface area (Å²) in [5.41, 5.74) is 0.0545. The number of amides is 1. The fraction of sp³-hybridized carbons (Fsp3) is 0. The average molecular weight is 284 g/mol. The Kier molecular flexibility index (Phi) is 3.52. The molecule has 1 aromatic heterocycles.